The highest BCUT2D eigenvalue weighted by Gasteiger charge is 2.03. The number of rotatable bonds is 4. The van der Waals surface area contributed by atoms with Gasteiger partial charge in [-0.2, -0.15) is 0 Å². The summed E-state index contributed by atoms with van der Waals surface area (Å²) < 4.78 is 0. The highest BCUT2D eigenvalue weighted by atomic mass is 35.5. The second-order valence-electron chi connectivity index (χ2n) is 3.20. The summed E-state index contributed by atoms with van der Waals surface area (Å²) in [5.74, 6) is 0. The van der Waals surface area contributed by atoms with E-state index in [9.17, 15) is 0 Å². The first-order chi connectivity index (χ1) is 6.63. The van der Waals surface area contributed by atoms with Crippen molar-refractivity contribution in [1.29, 1.82) is 0 Å². The van der Waals surface area contributed by atoms with E-state index in [-0.39, 0.29) is 12.6 Å². The van der Waals surface area contributed by atoms with Crippen molar-refractivity contribution in [3.63, 3.8) is 0 Å². The average Bonchev–Trinajstić information content (AvgIpc) is 2.19. The van der Waals surface area contributed by atoms with Crippen LogP contribution in [0.25, 0.3) is 0 Å². The van der Waals surface area contributed by atoms with E-state index in [2.05, 4.69) is 5.32 Å². The lowest BCUT2D eigenvalue weighted by atomic mass is 10.2. The van der Waals surface area contributed by atoms with Crippen LogP contribution in [0.2, 0.25) is 10.0 Å². The Hall–Kier alpha value is -0.280. The number of aliphatic hydroxyl groups excluding tert-OH is 1. The van der Waals surface area contributed by atoms with Crippen LogP contribution >= 0.6 is 23.2 Å². The molecule has 0 heterocycles. The van der Waals surface area contributed by atoms with E-state index in [4.69, 9.17) is 28.3 Å². The number of aliphatic hydroxyl groups is 1. The van der Waals surface area contributed by atoms with E-state index < -0.39 is 0 Å². The van der Waals surface area contributed by atoms with Gasteiger partial charge in [0.2, 0.25) is 0 Å². The summed E-state index contributed by atoms with van der Waals surface area (Å²) in [5.41, 5.74) is 0.944. The maximum atomic E-state index is 8.82. The Morgan fingerprint density at radius 3 is 2.79 bits per heavy atom. The van der Waals surface area contributed by atoms with Gasteiger partial charge in [-0.25, -0.2) is 0 Å². The van der Waals surface area contributed by atoms with Crippen molar-refractivity contribution in [2.24, 2.45) is 0 Å². The lowest BCUT2D eigenvalue weighted by Crippen LogP contribution is -2.28. The van der Waals surface area contributed by atoms with Gasteiger partial charge < -0.3 is 10.4 Å². The second kappa shape index (κ2) is 5.56. The summed E-state index contributed by atoms with van der Waals surface area (Å²) in [6.45, 7) is 2.62. The van der Waals surface area contributed by atoms with Crippen LogP contribution in [-0.2, 0) is 6.54 Å². The molecule has 0 aliphatic heterocycles. The molecule has 2 nitrogen and oxygen atoms in total. The molecule has 0 bridgehead atoms. The number of halogens is 2. The molecule has 0 fully saturated rings. The molecule has 1 aromatic rings. The summed E-state index contributed by atoms with van der Waals surface area (Å²) in [6.07, 6.45) is 0. The van der Waals surface area contributed by atoms with Gasteiger partial charge >= 0.3 is 0 Å². The van der Waals surface area contributed by atoms with Crippen LogP contribution in [-0.4, -0.2) is 17.8 Å². The molecule has 0 aromatic heterocycles. The number of hydrogen-bond donors (Lipinski definition) is 2. The fourth-order valence-corrected chi connectivity index (χ4v) is 1.41. The minimum Gasteiger partial charge on any atom is -0.395 e. The van der Waals surface area contributed by atoms with E-state index in [0.717, 1.165) is 5.56 Å². The maximum Gasteiger partial charge on any atom is 0.0582 e. The van der Waals surface area contributed by atoms with Crippen molar-refractivity contribution in [1.82, 2.24) is 5.32 Å². The minimum atomic E-state index is 0.0602. The molecular formula is C10H13Cl2NO. The topological polar surface area (TPSA) is 32.3 Å². The van der Waals surface area contributed by atoms with Gasteiger partial charge in [0.15, 0.2) is 0 Å². The first-order valence-corrected chi connectivity index (χ1v) is 5.17. The molecule has 1 aromatic carbocycles. The van der Waals surface area contributed by atoms with E-state index in [1.807, 2.05) is 13.0 Å². The van der Waals surface area contributed by atoms with E-state index in [1.54, 1.807) is 12.1 Å². The molecule has 0 saturated heterocycles. The Morgan fingerprint density at radius 1 is 1.43 bits per heavy atom. The Balaban J connectivity index is 2.62. The van der Waals surface area contributed by atoms with Crippen molar-refractivity contribution in [3.8, 4) is 0 Å². The third-order valence-corrected chi connectivity index (χ3v) is 2.53. The van der Waals surface area contributed by atoms with Gasteiger partial charge in [0.25, 0.3) is 0 Å². The predicted molar refractivity (Wildman–Crippen MR) is 59.8 cm³/mol. The van der Waals surface area contributed by atoms with Gasteiger partial charge in [-0.3, -0.25) is 0 Å². The first kappa shape index (κ1) is 11.8. The van der Waals surface area contributed by atoms with Gasteiger partial charge in [-0.05, 0) is 30.7 Å². The molecule has 0 aliphatic carbocycles. The molecule has 1 rings (SSSR count). The molecule has 0 amide bonds. The zero-order chi connectivity index (χ0) is 10.6. The summed E-state index contributed by atoms with van der Waals surface area (Å²) >= 11 is 11.8. The Bertz CT molecular complexity index is 304. The molecule has 2 N–H and O–H groups in total. The third kappa shape index (κ3) is 3.46. The fourth-order valence-electron chi connectivity index (χ4n) is 1.03. The summed E-state index contributed by atoms with van der Waals surface area (Å²) in [7, 11) is 0. The van der Waals surface area contributed by atoms with Gasteiger partial charge in [-0.15, -0.1) is 0 Å². The molecule has 4 heteroatoms. The highest BCUT2D eigenvalue weighted by molar-refractivity contribution is 6.33. The average molecular weight is 234 g/mol. The van der Waals surface area contributed by atoms with Crippen LogP contribution in [0.1, 0.15) is 12.5 Å². The first-order valence-electron chi connectivity index (χ1n) is 4.41. The van der Waals surface area contributed by atoms with Crippen LogP contribution in [0.15, 0.2) is 18.2 Å². The largest absolute Gasteiger partial charge is 0.395 e. The number of nitrogens with one attached hydrogen (secondary N) is 1. The molecule has 1 atom stereocenters. The lowest BCUT2D eigenvalue weighted by Gasteiger charge is -2.11. The van der Waals surface area contributed by atoms with Gasteiger partial charge in [0.05, 0.1) is 6.61 Å². The minimum absolute atomic E-state index is 0.0602. The molecule has 0 unspecified atom stereocenters. The molecular weight excluding hydrogens is 221 g/mol. The monoisotopic (exact) mass is 233 g/mol. The van der Waals surface area contributed by atoms with E-state index >= 15 is 0 Å². The third-order valence-electron chi connectivity index (χ3n) is 1.92. The van der Waals surface area contributed by atoms with Crippen molar-refractivity contribution >= 4 is 23.2 Å². The zero-order valence-electron chi connectivity index (χ0n) is 7.93. The van der Waals surface area contributed by atoms with Crippen molar-refractivity contribution in [2.75, 3.05) is 6.61 Å². The highest BCUT2D eigenvalue weighted by Crippen LogP contribution is 2.20. The summed E-state index contributed by atoms with van der Waals surface area (Å²) in [6, 6.07) is 5.40. The van der Waals surface area contributed by atoms with Crippen LogP contribution in [0.4, 0.5) is 0 Å². The van der Waals surface area contributed by atoms with Gasteiger partial charge in [-0.1, -0.05) is 23.2 Å². The Kier molecular flexibility index (Phi) is 4.69. The van der Waals surface area contributed by atoms with Crippen molar-refractivity contribution in [2.45, 2.75) is 19.5 Å². The van der Waals surface area contributed by atoms with Crippen LogP contribution in [0.3, 0.4) is 0 Å². The molecule has 0 saturated carbocycles. The fraction of sp³-hybridized carbons (Fsp3) is 0.400. The standard InChI is InChI=1S/C10H13Cl2NO/c1-7(6-14)13-5-8-4-9(11)2-3-10(8)12/h2-4,7,13-14H,5-6H2,1H3/t7-/m0/s1. The normalized spacial score (nSPS) is 12.9. The van der Waals surface area contributed by atoms with Crippen LogP contribution in [0, 0.1) is 0 Å². The summed E-state index contributed by atoms with van der Waals surface area (Å²) in [4.78, 5) is 0. The number of hydrogen-bond acceptors (Lipinski definition) is 2. The second-order valence-corrected chi connectivity index (χ2v) is 4.04. The number of benzene rings is 1. The Labute approximate surface area is 93.8 Å². The lowest BCUT2D eigenvalue weighted by molar-refractivity contribution is 0.251. The molecule has 78 valence electrons. The smallest absolute Gasteiger partial charge is 0.0582 e. The Morgan fingerprint density at radius 2 is 2.14 bits per heavy atom. The molecule has 0 radical (unpaired) electrons. The summed E-state index contributed by atoms with van der Waals surface area (Å²) in [5, 5.41) is 13.3. The quantitative estimate of drug-likeness (QED) is 0.838. The van der Waals surface area contributed by atoms with E-state index in [1.165, 1.54) is 0 Å². The van der Waals surface area contributed by atoms with Crippen LogP contribution < -0.4 is 5.32 Å². The molecule has 0 aliphatic rings. The maximum absolute atomic E-state index is 8.82. The molecule has 0 spiro atoms. The van der Waals surface area contributed by atoms with Crippen molar-refractivity contribution < 1.29 is 5.11 Å². The van der Waals surface area contributed by atoms with Gasteiger partial charge in [0.1, 0.15) is 0 Å². The van der Waals surface area contributed by atoms with Crippen molar-refractivity contribution in [3.05, 3.63) is 33.8 Å². The molecule has 14 heavy (non-hydrogen) atoms. The van der Waals surface area contributed by atoms with Gasteiger partial charge in [0, 0.05) is 22.6 Å². The SMILES string of the molecule is C[C@@H](CO)NCc1cc(Cl)ccc1Cl. The zero-order valence-corrected chi connectivity index (χ0v) is 9.44. The predicted octanol–water partition coefficient (Wildman–Crippen LogP) is 2.46. The van der Waals surface area contributed by atoms with E-state index in [0.29, 0.717) is 16.6 Å². The van der Waals surface area contributed by atoms with Crippen LogP contribution in [0.5, 0.6) is 0 Å².